The third-order valence-electron chi connectivity index (χ3n) is 3.81. The lowest BCUT2D eigenvalue weighted by Gasteiger charge is -2.12. The van der Waals surface area contributed by atoms with Gasteiger partial charge in [0.25, 0.3) is 0 Å². The van der Waals surface area contributed by atoms with Crippen LogP contribution < -0.4 is 20.1 Å². The van der Waals surface area contributed by atoms with Gasteiger partial charge in [-0.15, -0.1) is 10.2 Å². The normalized spacial score (nSPS) is 11.3. The van der Waals surface area contributed by atoms with Crippen molar-refractivity contribution in [2.24, 2.45) is 12.0 Å². The van der Waals surface area contributed by atoms with E-state index in [1.165, 1.54) is 0 Å². The van der Waals surface area contributed by atoms with Crippen molar-refractivity contribution in [2.45, 2.75) is 26.9 Å². The summed E-state index contributed by atoms with van der Waals surface area (Å²) < 4.78 is 12.5. The number of rotatable bonds is 7. The first-order chi connectivity index (χ1) is 12.1. The van der Waals surface area contributed by atoms with Crippen LogP contribution in [0, 0.1) is 6.92 Å². The lowest BCUT2D eigenvalue weighted by Crippen LogP contribution is -2.37. The number of nitrogens with zero attached hydrogens (tertiary/aromatic N) is 4. The summed E-state index contributed by atoms with van der Waals surface area (Å²) >= 11 is 0. The minimum absolute atomic E-state index is 0.521. The molecule has 0 saturated heterocycles. The Balaban J connectivity index is 2.05. The summed E-state index contributed by atoms with van der Waals surface area (Å²) in [6, 6.07) is 5.78. The first-order valence-electron chi connectivity index (χ1n) is 8.17. The maximum Gasteiger partial charge on any atom is 0.191 e. The summed E-state index contributed by atoms with van der Waals surface area (Å²) in [6.07, 6.45) is 0. The minimum atomic E-state index is 0.521. The van der Waals surface area contributed by atoms with Gasteiger partial charge in [-0.25, -0.2) is 4.99 Å². The molecule has 0 spiro atoms. The molecule has 8 heteroatoms. The topological polar surface area (TPSA) is 85.6 Å². The molecule has 1 aromatic heterocycles. The fourth-order valence-electron chi connectivity index (χ4n) is 2.26. The number of nitrogens with one attached hydrogen (secondary N) is 2. The van der Waals surface area contributed by atoms with Gasteiger partial charge >= 0.3 is 0 Å². The number of hydrogen-bond donors (Lipinski definition) is 2. The van der Waals surface area contributed by atoms with E-state index in [0.29, 0.717) is 24.6 Å². The number of hydrogen-bond acceptors (Lipinski definition) is 5. The van der Waals surface area contributed by atoms with E-state index in [1.54, 1.807) is 14.2 Å². The third kappa shape index (κ3) is 4.85. The molecule has 0 saturated carbocycles. The Labute approximate surface area is 148 Å². The van der Waals surface area contributed by atoms with Crippen LogP contribution in [0.2, 0.25) is 0 Å². The smallest absolute Gasteiger partial charge is 0.191 e. The van der Waals surface area contributed by atoms with E-state index in [4.69, 9.17) is 9.47 Å². The van der Waals surface area contributed by atoms with Crippen molar-refractivity contribution in [3.8, 4) is 11.5 Å². The Morgan fingerprint density at radius 2 is 1.92 bits per heavy atom. The largest absolute Gasteiger partial charge is 0.493 e. The molecular formula is C17H26N6O2. The number of methoxy groups -OCH3 is 2. The van der Waals surface area contributed by atoms with Crippen molar-refractivity contribution in [2.75, 3.05) is 20.8 Å². The number of aliphatic imine (C=N–C) groups is 1. The molecule has 0 fully saturated rings. The van der Waals surface area contributed by atoms with Crippen molar-refractivity contribution in [3.05, 3.63) is 35.4 Å². The molecule has 2 aromatic rings. The van der Waals surface area contributed by atoms with Gasteiger partial charge in [0, 0.05) is 13.6 Å². The van der Waals surface area contributed by atoms with Crippen molar-refractivity contribution >= 4 is 5.96 Å². The molecule has 0 amide bonds. The Hall–Kier alpha value is -2.77. The lowest BCUT2D eigenvalue weighted by molar-refractivity contribution is 0.354. The Morgan fingerprint density at radius 1 is 1.16 bits per heavy atom. The zero-order valence-electron chi connectivity index (χ0n) is 15.5. The molecule has 1 aromatic carbocycles. The van der Waals surface area contributed by atoms with Crippen LogP contribution in [0.1, 0.15) is 24.1 Å². The molecule has 0 radical (unpaired) electrons. The van der Waals surface area contributed by atoms with Gasteiger partial charge < -0.3 is 24.7 Å². The van der Waals surface area contributed by atoms with Gasteiger partial charge in [-0.3, -0.25) is 0 Å². The summed E-state index contributed by atoms with van der Waals surface area (Å²) in [7, 11) is 5.19. The molecule has 136 valence electrons. The van der Waals surface area contributed by atoms with E-state index >= 15 is 0 Å². The molecule has 2 N–H and O–H groups in total. The van der Waals surface area contributed by atoms with Crippen LogP contribution in [-0.2, 0) is 20.1 Å². The molecule has 0 bridgehead atoms. The molecule has 0 aliphatic rings. The summed E-state index contributed by atoms with van der Waals surface area (Å²) in [5.41, 5.74) is 1.03. The molecule has 0 unspecified atom stereocenters. The van der Waals surface area contributed by atoms with Crippen LogP contribution >= 0.6 is 0 Å². The van der Waals surface area contributed by atoms with Crippen LogP contribution in [0.4, 0.5) is 0 Å². The molecule has 25 heavy (non-hydrogen) atoms. The predicted molar refractivity (Wildman–Crippen MR) is 96.9 cm³/mol. The lowest BCUT2D eigenvalue weighted by atomic mass is 10.2. The second-order valence-corrected chi connectivity index (χ2v) is 5.46. The highest BCUT2D eigenvalue weighted by molar-refractivity contribution is 5.79. The highest BCUT2D eigenvalue weighted by atomic mass is 16.5. The number of aromatic nitrogens is 3. The highest BCUT2D eigenvalue weighted by Crippen LogP contribution is 2.27. The Kier molecular flexibility index (Phi) is 6.62. The second-order valence-electron chi connectivity index (χ2n) is 5.46. The summed E-state index contributed by atoms with van der Waals surface area (Å²) in [5, 5.41) is 14.7. The van der Waals surface area contributed by atoms with Crippen LogP contribution in [-0.4, -0.2) is 41.5 Å². The number of guanidine groups is 1. The summed E-state index contributed by atoms with van der Waals surface area (Å²) in [5.74, 6) is 3.86. The van der Waals surface area contributed by atoms with E-state index in [9.17, 15) is 0 Å². The maximum absolute atomic E-state index is 5.33. The highest BCUT2D eigenvalue weighted by Gasteiger charge is 2.07. The Morgan fingerprint density at radius 3 is 2.52 bits per heavy atom. The molecule has 0 aliphatic carbocycles. The fraction of sp³-hybridized carbons (Fsp3) is 0.471. The number of ether oxygens (including phenoxy) is 2. The van der Waals surface area contributed by atoms with Gasteiger partial charge in [-0.2, -0.15) is 0 Å². The van der Waals surface area contributed by atoms with Gasteiger partial charge in [0.2, 0.25) is 0 Å². The Bertz CT molecular complexity index is 726. The SMILES string of the molecule is CCNC(=NCc1ccc(OC)c(OC)c1)NCc1nnc(C)n1C. The van der Waals surface area contributed by atoms with E-state index in [0.717, 1.165) is 29.7 Å². The van der Waals surface area contributed by atoms with E-state index in [1.807, 2.05) is 43.7 Å². The van der Waals surface area contributed by atoms with Gasteiger partial charge in [0.1, 0.15) is 5.82 Å². The summed E-state index contributed by atoms with van der Waals surface area (Å²) in [4.78, 5) is 4.61. The van der Waals surface area contributed by atoms with E-state index < -0.39 is 0 Å². The van der Waals surface area contributed by atoms with Gasteiger partial charge in [0.05, 0.1) is 27.3 Å². The number of aryl methyl sites for hydroxylation is 1. The molecule has 2 rings (SSSR count). The molecule has 0 aliphatic heterocycles. The average Bonchev–Trinajstić information content (AvgIpc) is 2.95. The first-order valence-corrected chi connectivity index (χ1v) is 8.17. The molecule has 8 nitrogen and oxygen atoms in total. The molecule has 0 atom stereocenters. The zero-order valence-corrected chi connectivity index (χ0v) is 15.5. The van der Waals surface area contributed by atoms with Crippen LogP contribution in [0.25, 0.3) is 0 Å². The maximum atomic E-state index is 5.33. The number of benzene rings is 1. The molecular weight excluding hydrogens is 320 g/mol. The van der Waals surface area contributed by atoms with Crippen molar-refractivity contribution in [1.29, 1.82) is 0 Å². The standard InChI is InChI=1S/C17H26N6O2/c1-6-18-17(20-11-16-22-21-12(2)23(16)3)19-10-13-7-8-14(24-4)15(9-13)25-5/h7-9H,6,10-11H2,1-5H3,(H2,18,19,20). The van der Waals surface area contributed by atoms with Crippen LogP contribution in [0.3, 0.4) is 0 Å². The van der Waals surface area contributed by atoms with Crippen LogP contribution in [0.5, 0.6) is 11.5 Å². The van der Waals surface area contributed by atoms with Gasteiger partial charge in [-0.05, 0) is 31.5 Å². The van der Waals surface area contributed by atoms with E-state index in [-0.39, 0.29) is 0 Å². The van der Waals surface area contributed by atoms with Gasteiger partial charge in [-0.1, -0.05) is 6.07 Å². The zero-order chi connectivity index (χ0) is 18.2. The van der Waals surface area contributed by atoms with Crippen LogP contribution in [0.15, 0.2) is 23.2 Å². The monoisotopic (exact) mass is 346 g/mol. The average molecular weight is 346 g/mol. The minimum Gasteiger partial charge on any atom is -0.493 e. The van der Waals surface area contributed by atoms with Crippen molar-refractivity contribution < 1.29 is 9.47 Å². The van der Waals surface area contributed by atoms with Gasteiger partial charge in [0.15, 0.2) is 23.3 Å². The second kappa shape index (κ2) is 8.91. The first kappa shape index (κ1) is 18.6. The van der Waals surface area contributed by atoms with Crippen molar-refractivity contribution in [3.63, 3.8) is 0 Å². The third-order valence-corrected chi connectivity index (χ3v) is 3.81. The summed E-state index contributed by atoms with van der Waals surface area (Å²) in [6.45, 7) is 5.80. The predicted octanol–water partition coefficient (Wildman–Crippen LogP) is 1.40. The van der Waals surface area contributed by atoms with E-state index in [2.05, 4.69) is 25.8 Å². The molecule has 1 heterocycles. The quantitative estimate of drug-likeness (QED) is 0.582. The fourth-order valence-corrected chi connectivity index (χ4v) is 2.26. The van der Waals surface area contributed by atoms with Crippen molar-refractivity contribution in [1.82, 2.24) is 25.4 Å².